The second-order valence-corrected chi connectivity index (χ2v) is 2.53. The summed E-state index contributed by atoms with van der Waals surface area (Å²) in [5.74, 6) is 0.589. The second kappa shape index (κ2) is 2.41. The van der Waals surface area contributed by atoms with Crippen LogP contribution in [-0.2, 0) is 0 Å². The molecule has 4 nitrogen and oxygen atoms in total. The van der Waals surface area contributed by atoms with E-state index < -0.39 is 0 Å². The molecule has 0 unspecified atom stereocenters. The van der Waals surface area contributed by atoms with E-state index >= 15 is 0 Å². The number of rotatable bonds is 0. The highest BCUT2D eigenvalue weighted by atomic mass is 16.1. The second-order valence-electron chi connectivity index (χ2n) is 2.53. The average Bonchev–Trinajstić information content (AvgIpc) is 2.04. The zero-order chi connectivity index (χ0) is 8.55. The lowest BCUT2D eigenvalue weighted by atomic mass is 10.3. The van der Waals surface area contributed by atoms with Gasteiger partial charge in [0.2, 0.25) is 0 Å². The Morgan fingerprint density at radius 2 is 2.33 bits per heavy atom. The summed E-state index contributed by atoms with van der Waals surface area (Å²) in [4.78, 5) is 21.9. The highest BCUT2D eigenvalue weighted by Gasteiger charge is 1.99. The van der Waals surface area contributed by atoms with Crippen molar-refractivity contribution in [1.29, 1.82) is 0 Å². The Hall–Kier alpha value is -1.71. The van der Waals surface area contributed by atoms with Crippen LogP contribution in [0.2, 0.25) is 0 Å². The molecule has 0 atom stereocenters. The number of pyridine rings is 1. The summed E-state index contributed by atoms with van der Waals surface area (Å²) >= 11 is 0. The summed E-state index contributed by atoms with van der Waals surface area (Å²) in [6, 6.07) is 3.42. The molecule has 0 aliphatic carbocycles. The number of H-pyrrole nitrogens is 1. The van der Waals surface area contributed by atoms with Gasteiger partial charge in [-0.2, -0.15) is 0 Å². The predicted octanol–water partition coefficient (Wildman–Crippen LogP) is 0.627. The van der Waals surface area contributed by atoms with Crippen molar-refractivity contribution >= 4 is 11.0 Å². The van der Waals surface area contributed by atoms with Crippen molar-refractivity contribution < 1.29 is 0 Å². The maximum Gasteiger partial charge on any atom is 0.260 e. The van der Waals surface area contributed by atoms with Gasteiger partial charge in [0.1, 0.15) is 5.82 Å². The van der Waals surface area contributed by atoms with E-state index in [1.807, 2.05) is 0 Å². The molecule has 0 saturated heterocycles. The van der Waals surface area contributed by atoms with Crippen LogP contribution in [-0.4, -0.2) is 15.0 Å². The van der Waals surface area contributed by atoms with Gasteiger partial charge < -0.3 is 4.98 Å². The Morgan fingerprint density at radius 3 is 3.17 bits per heavy atom. The quantitative estimate of drug-likeness (QED) is 0.616. The first kappa shape index (κ1) is 6.97. The molecule has 0 spiro atoms. The van der Waals surface area contributed by atoms with Crippen molar-refractivity contribution in [3.8, 4) is 0 Å². The zero-order valence-corrected chi connectivity index (χ0v) is 6.53. The van der Waals surface area contributed by atoms with E-state index in [2.05, 4.69) is 15.0 Å². The molecular weight excluding hydrogens is 154 g/mol. The molecule has 0 radical (unpaired) electrons. The van der Waals surface area contributed by atoms with Crippen LogP contribution in [0.4, 0.5) is 0 Å². The lowest BCUT2D eigenvalue weighted by Gasteiger charge is -1.95. The van der Waals surface area contributed by atoms with Crippen molar-refractivity contribution in [2.45, 2.75) is 6.92 Å². The minimum atomic E-state index is -0.134. The molecule has 2 aromatic heterocycles. The molecule has 60 valence electrons. The van der Waals surface area contributed by atoms with Gasteiger partial charge in [-0.05, 0) is 19.1 Å². The van der Waals surface area contributed by atoms with E-state index in [1.54, 1.807) is 25.3 Å². The van der Waals surface area contributed by atoms with Gasteiger partial charge in [-0.25, -0.2) is 9.97 Å². The van der Waals surface area contributed by atoms with Crippen LogP contribution in [0.5, 0.6) is 0 Å². The van der Waals surface area contributed by atoms with Crippen molar-refractivity contribution in [2.75, 3.05) is 0 Å². The van der Waals surface area contributed by atoms with Crippen LogP contribution in [0, 0.1) is 6.92 Å². The van der Waals surface area contributed by atoms with E-state index in [0.717, 1.165) is 0 Å². The minimum Gasteiger partial charge on any atom is -0.310 e. The highest BCUT2D eigenvalue weighted by molar-refractivity contribution is 5.72. The van der Waals surface area contributed by atoms with Crippen LogP contribution >= 0.6 is 0 Å². The molecular formula is C8H7N3O. The number of fused-ring (bicyclic) bond motifs is 1. The first-order valence-corrected chi connectivity index (χ1v) is 3.59. The van der Waals surface area contributed by atoms with Crippen LogP contribution in [0.1, 0.15) is 5.82 Å². The third kappa shape index (κ3) is 0.972. The lowest BCUT2D eigenvalue weighted by Crippen LogP contribution is -2.09. The monoisotopic (exact) mass is 161 g/mol. The SMILES string of the molecule is Cc1nc2ncccc2c(=O)[nH]1. The molecule has 0 fully saturated rings. The highest BCUT2D eigenvalue weighted by Crippen LogP contribution is 2.00. The smallest absolute Gasteiger partial charge is 0.260 e. The van der Waals surface area contributed by atoms with Crippen LogP contribution in [0.15, 0.2) is 23.1 Å². The van der Waals surface area contributed by atoms with Crippen molar-refractivity contribution in [2.24, 2.45) is 0 Å². The Balaban J connectivity index is 2.99. The topological polar surface area (TPSA) is 58.6 Å². The first-order valence-electron chi connectivity index (χ1n) is 3.59. The molecule has 0 aromatic carbocycles. The van der Waals surface area contributed by atoms with Crippen LogP contribution in [0.3, 0.4) is 0 Å². The largest absolute Gasteiger partial charge is 0.310 e. The van der Waals surface area contributed by atoms with Crippen LogP contribution in [0.25, 0.3) is 11.0 Å². The molecule has 0 aliphatic rings. The molecule has 2 aromatic rings. The summed E-state index contributed by atoms with van der Waals surface area (Å²) in [6.45, 7) is 1.73. The number of hydrogen-bond acceptors (Lipinski definition) is 3. The number of aromatic nitrogens is 3. The molecule has 0 saturated carbocycles. The molecule has 12 heavy (non-hydrogen) atoms. The minimum absolute atomic E-state index is 0.134. The maximum absolute atomic E-state index is 11.3. The fraction of sp³-hybridized carbons (Fsp3) is 0.125. The molecule has 2 heterocycles. The van der Waals surface area contributed by atoms with Crippen molar-refractivity contribution in [1.82, 2.24) is 15.0 Å². The number of aryl methyl sites for hydroxylation is 1. The summed E-state index contributed by atoms with van der Waals surface area (Å²) in [7, 11) is 0. The van der Waals surface area contributed by atoms with E-state index in [0.29, 0.717) is 16.9 Å². The number of hydrogen-bond donors (Lipinski definition) is 1. The summed E-state index contributed by atoms with van der Waals surface area (Å²) < 4.78 is 0. The van der Waals surface area contributed by atoms with E-state index in [1.165, 1.54) is 0 Å². The average molecular weight is 161 g/mol. The number of nitrogens with one attached hydrogen (secondary N) is 1. The summed E-state index contributed by atoms with van der Waals surface area (Å²) in [5.41, 5.74) is 0.365. The normalized spacial score (nSPS) is 10.4. The fourth-order valence-corrected chi connectivity index (χ4v) is 1.08. The molecule has 0 amide bonds. The van der Waals surface area contributed by atoms with E-state index in [-0.39, 0.29) is 5.56 Å². The summed E-state index contributed by atoms with van der Waals surface area (Å²) in [6.07, 6.45) is 1.62. The number of aromatic amines is 1. The van der Waals surface area contributed by atoms with Crippen molar-refractivity contribution in [3.63, 3.8) is 0 Å². The Morgan fingerprint density at radius 1 is 1.50 bits per heavy atom. The fourth-order valence-electron chi connectivity index (χ4n) is 1.08. The lowest BCUT2D eigenvalue weighted by molar-refractivity contribution is 1.04. The standard InChI is InChI=1S/C8H7N3O/c1-5-10-7-6(8(12)11-5)3-2-4-9-7/h2-4H,1H3,(H,9,10,11,12). The van der Waals surface area contributed by atoms with Gasteiger partial charge in [0.05, 0.1) is 5.39 Å². The van der Waals surface area contributed by atoms with Gasteiger partial charge in [-0.3, -0.25) is 4.79 Å². The summed E-state index contributed by atoms with van der Waals surface area (Å²) in [5, 5.41) is 0.531. The first-order chi connectivity index (χ1) is 5.77. The zero-order valence-electron chi connectivity index (χ0n) is 6.53. The van der Waals surface area contributed by atoms with Crippen molar-refractivity contribution in [3.05, 3.63) is 34.5 Å². The van der Waals surface area contributed by atoms with E-state index in [9.17, 15) is 4.79 Å². The number of nitrogens with zero attached hydrogens (tertiary/aromatic N) is 2. The third-order valence-electron chi connectivity index (χ3n) is 1.60. The van der Waals surface area contributed by atoms with Gasteiger partial charge in [0, 0.05) is 6.20 Å². The Labute approximate surface area is 68.3 Å². The molecule has 4 heteroatoms. The van der Waals surface area contributed by atoms with Gasteiger partial charge >= 0.3 is 0 Å². The third-order valence-corrected chi connectivity index (χ3v) is 1.60. The maximum atomic E-state index is 11.3. The van der Waals surface area contributed by atoms with E-state index in [4.69, 9.17) is 0 Å². The van der Waals surface area contributed by atoms with Gasteiger partial charge in [-0.15, -0.1) is 0 Å². The Bertz CT molecular complexity index is 475. The van der Waals surface area contributed by atoms with Crippen LogP contribution < -0.4 is 5.56 Å². The molecule has 2 rings (SSSR count). The van der Waals surface area contributed by atoms with Gasteiger partial charge in [0.25, 0.3) is 5.56 Å². The molecule has 0 bridgehead atoms. The molecule has 1 N–H and O–H groups in total. The Kier molecular flexibility index (Phi) is 1.40. The molecule has 0 aliphatic heterocycles. The van der Waals surface area contributed by atoms with Gasteiger partial charge in [0.15, 0.2) is 5.65 Å². The van der Waals surface area contributed by atoms with Gasteiger partial charge in [-0.1, -0.05) is 0 Å². The predicted molar refractivity (Wildman–Crippen MR) is 44.9 cm³/mol.